The largest absolute Gasteiger partial charge is 0.469 e. The topological polar surface area (TPSA) is 119 Å². The fourth-order valence-corrected chi connectivity index (χ4v) is 5.67. The van der Waals surface area contributed by atoms with Gasteiger partial charge in [0.2, 0.25) is 0 Å². The molecule has 9 heteroatoms. The van der Waals surface area contributed by atoms with Gasteiger partial charge in [-0.3, -0.25) is 14.1 Å². The minimum Gasteiger partial charge on any atom is -0.462 e. The molecule has 2 N–H and O–H groups in total. The van der Waals surface area contributed by atoms with E-state index in [1.807, 2.05) is 0 Å². The average Bonchev–Trinajstić information content (AvgIpc) is 3.08. The molecule has 0 spiro atoms. The van der Waals surface area contributed by atoms with Gasteiger partial charge in [0, 0.05) is 12.8 Å². The second kappa shape index (κ2) is 36.8. The Morgan fingerprint density at radius 1 is 0.520 bits per heavy atom. The van der Waals surface area contributed by atoms with E-state index < -0.39 is 32.5 Å². The van der Waals surface area contributed by atoms with Gasteiger partial charge in [0.05, 0.1) is 6.61 Å². The second-order valence-corrected chi connectivity index (χ2v) is 14.5. The molecule has 0 aromatic carbocycles. The maximum Gasteiger partial charge on any atom is 0.469 e. The zero-order valence-electron chi connectivity index (χ0n) is 31.8. The lowest BCUT2D eigenvalue weighted by atomic mass is 10.1. The van der Waals surface area contributed by atoms with Gasteiger partial charge in [-0.05, 0) is 77.0 Å². The Balaban J connectivity index is 4.01. The molecule has 0 unspecified atom stereocenters. The molecule has 1 atom stereocenters. The summed E-state index contributed by atoms with van der Waals surface area (Å²) in [6, 6.07) is 0. The highest BCUT2D eigenvalue weighted by atomic mass is 31.2. The standard InChI is InChI=1S/C41H73O8P/c1-3-5-7-9-11-13-15-17-19-20-22-23-25-27-29-31-33-35-40(42)47-37-39(38-48-50(44,45)46)49-41(43)36-34-32-30-28-26-24-21-18-16-14-12-10-8-6-4-2/h12,14,17-19,21,26,28,39H,3-11,13,15-16,20,22-25,27,29-38H2,1-2H3,(H2,44,45,46)/b14-12+,19-17+,21-18+,28-26+/t39-/m1/s1. The molecule has 0 aliphatic rings. The van der Waals surface area contributed by atoms with Crippen LogP contribution in [0.4, 0.5) is 0 Å². The van der Waals surface area contributed by atoms with Crippen LogP contribution in [-0.2, 0) is 28.2 Å². The van der Waals surface area contributed by atoms with Crippen molar-refractivity contribution in [3.8, 4) is 0 Å². The first-order chi connectivity index (χ1) is 24.3. The highest BCUT2D eigenvalue weighted by Gasteiger charge is 2.22. The van der Waals surface area contributed by atoms with Crippen molar-refractivity contribution >= 4 is 19.8 Å². The predicted octanol–water partition coefficient (Wildman–Crippen LogP) is 12.0. The molecule has 0 amide bonds. The van der Waals surface area contributed by atoms with Crippen LogP contribution in [-0.4, -0.2) is 41.0 Å². The lowest BCUT2D eigenvalue weighted by Gasteiger charge is -2.18. The van der Waals surface area contributed by atoms with Crippen LogP contribution in [0.3, 0.4) is 0 Å². The van der Waals surface area contributed by atoms with E-state index in [-0.39, 0.29) is 19.4 Å². The molecular formula is C41H73O8P. The lowest BCUT2D eigenvalue weighted by molar-refractivity contribution is -0.161. The zero-order chi connectivity index (χ0) is 36.8. The first-order valence-electron chi connectivity index (χ1n) is 19.9. The molecule has 0 heterocycles. The van der Waals surface area contributed by atoms with Crippen molar-refractivity contribution in [3.63, 3.8) is 0 Å². The van der Waals surface area contributed by atoms with E-state index >= 15 is 0 Å². The molecule has 290 valence electrons. The average molecular weight is 725 g/mol. The van der Waals surface area contributed by atoms with E-state index in [0.29, 0.717) is 12.8 Å². The fraction of sp³-hybridized carbons (Fsp3) is 0.756. The third kappa shape index (κ3) is 38.8. The maximum absolute atomic E-state index is 12.4. The summed E-state index contributed by atoms with van der Waals surface area (Å²) in [4.78, 5) is 42.7. The van der Waals surface area contributed by atoms with Crippen LogP contribution in [0.1, 0.15) is 181 Å². The Labute approximate surface area is 305 Å². The number of esters is 2. The first-order valence-corrected chi connectivity index (χ1v) is 21.5. The summed E-state index contributed by atoms with van der Waals surface area (Å²) in [5.74, 6) is -0.935. The second-order valence-electron chi connectivity index (χ2n) is 13.2. The van der Waals surface area contributed by atoms with E-state index in [1.165, 1.54) is 83.5 Å². The molecular weight excluding hydrogens is 651 g/mol. The highest BCUT2D eigenvalue weighted by Crippen LogP contribution is 2.36. The van der Waals surface area contributed by atoms with Gasteiger partial charge in [0.1, 0.15) is 6.61 Å². The van der Waals surface area contributed by atoms with Gasteiger partial charge in [-0.25, -0.2) is 4.57 Å². The quantitative estimate of drug-likeness (QED) is 0.0284. The summed E-state index contributed by atoms with van der Waals surface area (Å²) in [6.45, 7) is 3.61. The van der Waals surface area contributed by atoms with Crippen LogP contribution in [0.25, 0.3) is 0 Å². The molecule has 0 aliphatic carbocycles. The minimum absolute atomic E-state index is 0.161. The molecule has 8 nitrogen and oxygen atoms in total. The number of phosphoric ester groups is 1. The summed E-state index contributed by atoms with van der Waals surface area (Å²) < 4.78 is 26.3. The van der Waals surface area contributed by atoms with Gasteiger partial charge in [-0.1, -0.05) is 140 Å². The van der Waals surface area contributed by atoms with Gasteiger partial charge in [0.25, 0.3) is 0 Å². The van der Waals surface area contributed by atoms with Crippen molar-refractivity contribution in [1.82, 2.24) is 0 Å². The number of carbonyl (C=O) groups is 2. The number of carbonyl (C=O) groups excluding carboxylic acids is 2. The predicted molar refractivity (Wildman–Crippen MR) is 207 cm³/mol. The number of allylic oxidation sites excluding steroid dienone is 8. The Morgan fingerprint density at radius 3 is 1.44 bits per heavy atom. The van der Waals surface area contributed by atoms with Gasteiger partial charge < -0.3 is 19.3 Å². The Hall–Kier alpha value is -1.99. The van der Waals surface area contributed by atoms with Crippen LogP contribution < -0.4 is 0 Å². The minimum atomic E-state index is -4.76. The third-order valence-electron chi connectivity index (χ3n) is 8.32. The molecule has 0 aliphatic heterocycles. The van der Waals surface area contributed by atoms with Gasteiger partial charge in [0.15, 0.2) is 6.10 Å². The van der Waals surface area contributed by atoms with E-state index in [4.69, 9.17) is 19.3 Å². The molecule has 0 bridgehead atoms. The van der Waals surface area contributed by atoms with Crippen molar-refractivity contribution in [2.24, 2.45) is 0 Å². The SMILES string of the molecule is CCCCC/C=C/C/C=C/C/C=C/CCCCC(=O)O[C@H](COC(=O)CCCCCCCCC/C=C/CCCCCCCC)COP(=O)(O)O. The zero-order valence-corrected chi connectivity index (χ0v) is 32.7. The maximum atomic E-state index is 12.4. The number of hydrogen-bond donors (Lipinski definition) is 2. The van der Waals surface area contributed by atoms with Crippen LogP contribution in [0, 0.1) is 0 Å². The molecule has 50 heavy (non-hydrogen) atoms. The summed E-state index contributed by atoms with van der Waals surface area (Å²) in [5.41, 5.74) is 0. The van der Waals surface area contributed by atoms with Crippen LogP contribution in [0.5, 0.6) is 0 Å². The van der Waals surface area contributed by atoms with Crippen molar-refractivity contribution in [3.05, 3.63) is 48.6 Å². The summed E-state index contributed by atoms with van der Waals surface area (Å²) >= 11 is 0. The number of hydrogen-bond acceptors (Lipinski definition) is 6. The summed E-state index contributed by atoms with van der Waals surface area (Å²) in [7, 11) is -4.76. The Morgan fingerprint density at radius 2 is 0.900 bits per heavy atom. The normalized spacial score (nSPS) is 13.0. The number of phosphoric acid groups is 1. The molecule has 0 rings (SSSR count). The van der Waals surface area contributed by atoms with E-state index in [1.54, 1.807) is 0 Å². The van der Waals surface area contributed by atoms with Crippen molar-refractivity contribution < 1.29 is 37.9 Å². The van der Waals surface area contributed by atoms with Gasteiger partial charge >= 0.3 is 19.8 Å². The molecule has 0 fully saturated rings. The van der Waals surface area contributed by atoms with E-state index in [2.05, 4.69) is 67.0 Å². The summed E-state index contributed by atoms with van der Waals surface area (Å²) in [5, 5.41) is 0. The fourth-order valence-electron chi connectivity index (χ4n) is 5.31. The molecule has 0 saturated carbocycles. The summed E-state index contributed by atoms with van der Waals surface area (Å²) in [6.07, 6.45) is 44.0. The van der Waals surface area contributed by atoms with Crippen molar-refractivity contribution in [2.45, 2.75) is 187 Å². The van der Waals surface area contributed by atoms with Gasteiger partial charge in [-0.2, -0.15) is 0 Å². The first kappa shape index (κ1) is 48.0. The van der Waals surface area contributed by atoms with Crippen LogP contribution in [0.15, 0.2) is 48.6 Å². The smallest absolute Gasteiger partial charge is 0.462 e. The van der Waals surface area contributed by atoms with E-state index in [9.17, 15) is 14.2 Å². The Bertz CT molecular complexity index is 952. The van der Waals surface area contributed by atoms with Crippen molar-refractivity contribution in [2.75, 3.05) is 13.2 Å². The highest BCUT2D eigenvalue weighted by molar-refractivity contribution is 7.46. The molecule has 0 aromatic rings. The number of unbranched alkanes of at least 4 members (excludes halogenated alkanes) is 18. The van der Waals surface area contributed by atoms with Crippen LogP contribution in [0.2, 0.25) is 0 Å². The number of rotatable bonds is 36. The third-order valence-corrected chi connectivity index (χ3v) is 8.81. The van der Waals surface area contributed by atoms with Crippen LogP contribution >= 0.6 is 7.82 Å². The Kier molecular flexibility index (Phi) is 35.3. The molecule has 0 radical (unpaired) electrons. The molecule has 0 saturated heterocycles. The number of ether oxygens (including phenoxy) is 2. The van der Waals surface area contributed by atoms with Gasteiger partial charge in [-0.15, -0.1) is 0 Å². The van der Waals surface area contributed by atoms with E-state index in [0.717, 1.165) is 57.8 Å². The van der Waals surface area contributed by atoms with Crippen molar-refractivity contribution in [1.29, 1.82) is 0 Å². The monoisotopic (exact) mass is 725 g/mol. The lowest BCUT2D eigenvalue weighted by Crippen LogP contribution is -2.29. The molecule has 0 aromatic heterocycles.